The third-order valence-electron chi connectivity index (χ3n) is 7.08. The largest absolute Gasteiger partial charge is 0.324 e. The summed E-state index contributed by atoms with van der Waals surface area (Å²) >= 11 is 0. The summed E-state index contributed by atoms with van der Waals surface area (Å²) in [5, 5.41) is 11.4. The Balaban J connectivity index is 1.25. The predicted octanol–water partition coefficient (Wildman–Crippen LogP) is 5.15. The van der Waals surface area contributed by atoms with E-state index in [1.165, 1.54) is 0 Å². The molecule has 38 heavy (non-hydrogen) atoms. The number of carbonyl (C=O) groups excluding carboxylic acids is 1. The molecule has 0 aliphatic heterocycles. The molecule has 1 amide bonds. The van der Waals surface area contributed by atoms with Gasteiger partial charge in [0.05, 0.1) is 17.3 Å². The van der Waals surface area contributed by atoms with Gasteiger partial charge >= 0.3 is 0 Å². The number of aromatic nitrogens is 8. The molecule has 3 N–H and O–H groups in total. The molecule has 6 heterocycles. The van der Waals surface area contributed by atoms with E-state index in [9.17, 15) is 4.79 Å². The average Bonchev–Trinajstić information content (AvgIpc) is 3.73. The fraction of sp³-hybridized carbons (Fsp3) is 0.179. The van der Waals surface area contributed by atoms with Gasteiger partial charge in [0.25, 0.3) is 0 Å². The minimum Gasteiger partial charge on any atom is -0.324 e. The number of hydrogen-bond donors (Lipinski definition) is 3. The molecular formula is C28H23N9O. The zero-order valence-corrected chi connectivity index (χ0v) is 20.3. The van der Waals surface area contributed by atoms with Crippen molar-refractivity contribution in [2.24, 2.45) is 5.92 Å². The molecule has 1 saturated carbocycles. The first-order valence-electron chi connectivity index (χ1n) is 12.6. The van der Waals surface area contributed by atoms with E-state index in [0.29, 0.717) is 28.5 Å². The molecule has 1 aliphatic rings. The third-order valence-corrected chi connectivity index (χ3v) is 7.08. The lowest BCUT2D eigenvalue weighted by molar-refractivity contribution is -0.119. The van der Waals surface area contributed by atoms with E-state index in [1.807, 2.05) is 30.3 Å². The second kappa shape index (κ2) is 9.15. The van der Waals surface area contributed by atoms with Gasteiger partial charge in [-0.15, -0.1) is 0 Å². The summed E-state index contributed by atoms with van der Waals surface area (Å²) in [6.07, 6.45) is 14.6. The van der Waals surface area contributed by atoms with Crippen LogP contribution in [0, 0.1) is 5.92 Å². The molecule has 6 aromatic rings. The van der Waals surface area contributed by atoms with Gasteiger partial charge in [-0.05, 0) is 48.7 Å². The highest BCUT2D eigenvalue weighted by Gasteiger charge is 2.23. The van der Waals surface area contributed by atoms with Crippen molar-refractivity contribution in [2.75, 3.05) is 5.32 Å². The summed E-state index contributed by atoms with van der Waals surface area (Å²) in [7, 11) is 0. The Morgan fingerprint density at radius 3 is 2.58 bits per heavy atom. The molecule has 0 saturated heterocycles. The number of nitrogens with one attached hydrogen (secondary N) is 3. The first-order chi connectivity index (χ1) is 18.7. The zero-order chi connectivity index (χ0) is 25.5. The molecule has 1 fully saturated rings. The van der Waals surface area contributed by atoms with Crippen molar-refractivity contribution in [3.05, 3.63) is 67.5 Å². The first-order valence-corrected chi connectivity index (χ1v) is 12.6. The van der Waals surface area contributed by atoms with Crippen LogP contribution in [0.5, 0.6) is 0 Å². The molecule has 0 unspecified atom stereocenters. The van der Waals surface area contributed by atoms with Crippen LogP contribution in [0.2, 0.25) is 0 Å². The number of amides is 1. The summed E-state index contributed by atoms with van der Waals surface area (Å²) in [6.45, 7) is 0. The van der Waals surface area contributed by atoms with Crippen molar-refractivity contribution in [2.45, 2.75) is 25.7 Å². The average molecular weight is 502 g/mol. The number of carbonyl (C=O) groups is 1. The van der Waals surface area contributed by atoms with E-state index >= 15 is 0 Å². The van der Waals surface area contributed by atoms with E-state index in [0.717, 1.165) is 58.8 Å². The first kappa shape index (κ1) is 22.2. The number of nitrogens with zero attached hydrogens (tertiary/aromatic N) is 6. The van der Waals surface area contributed by atoms with E-state index < -0.39 is 0 Å². The highest BCUT2D eigenvalue weighted by atomic mass is 16.1. The Morgan fingerprint density at radius 1 is 0.868 bits per heavy atom. The van der Waals surface area contributed by atoms with Gasteiger partial charge in [0.15, 0.2) is 17.1 Å². The van der Waals surface area contributed by atoms with Crippen molar-refractivity contribution in [1.29, 1.82) is 0 Å². The molecule has 7 rings (SSSR count). The summed E-state index contributed by atoms with van der Waals surface area (Å²) in [5.41, 5.74) is 7.07. The number of anilines is 1. The Hall–Kier alpha value is -4.99. The third kappa shape index (κ3) is 3.96. The van der Waals surface area contributed by atoms with Crippen LogP contribution >= 0.6 is 0 Å². The Morgan fingerprint density at radius 2 is 1.71 bits per heavy atom. The van der Waals surface area contributed by atoms with Crippen molar-refractivity contribution in [3.8, 4) is 33.8 Å². The lowest BCUT2D eigenvalue weighted by atomic mass is 10.1. The van der Waals surface area contributed by atoms with Crippen LogP contribution in [0.25, 0.3) is 56.0 Å². The Labute approximate surface area is 217 Å². The molecule has 6 aromatic heterocycles. The Kier molecular flexibility index (Phi) is 5.35. The molecular weight excluding hydrogens is 478 g/mol. The van der Waals surface area contributed by atoms with Crippen LogP contribution in [-0.4, -0.2) is 46.0 Å². The molecule has 0 aromatic carbocycles. The summed E-state index contributed by atoms with van der Waals surface area (Å²) < 4.78 is 0. The topological polar surface area (TPSA) is 138 Å². The van der Waals surface area contributed by atoms with Crippen LogP contribution in [0.3, 0.4) is 0 Å². The maximum Gasteiger partial charge on any atom is 0.227 e. The van der Waals surface area contributed by atoms with E-state index in [1.54, 1.807) is 37.2 Å². The van der Waals surface area contributed by atoms with Crippen LogP contribution in [0.15, 0.2) is 67.5 Å². The molecule has 10 nitrogen and oxygen atoms in total. The number of fused-ring (bicyclic) bond motifs is 2. The minimum absolute atomic E-state index is 0.0665. The molecule has 1 aliphatic carbocycles. The number of pyridine rings is 4. The van der Waals surface area contributed by atoms with Gasteiger partial charge in [-0.3, -0.25) is 19.9 Å². The Bertz CT molecular complexity index is 1780. The van der Waals surface area contributed by atoms with Crippen LogP contribution < -0.4 is 5.32 Å². The second-order valence-corrected chi connectivity index (χ2v) is 9.50. The fourth-order valence-corrected chi connectivity index (χ4v) is 5.13. The maximum atomic E-state index is 12.6. The second-order valence-electron chi connectivity index (χ2n) is 9.50. The van der Waals surface area contributed by atoms with Gasteiger partial charge in [0.2, 0.25) is 5.91 Å². The van der Waals surface area contributed by atoms with Crippen molar-refractivity contribution < 1.29 is 4.79 Å². The van der Waals surface area contributed by atoms with Gasteiger partial charge in [0, 0.05) is 53.6 Å². The van der Waals surface area contributed by atoms with E-state index in [2.05, 4.69) is 40.4 Å². The lowest BCUT2D eigenvalue weighted by Crippen LogP contribution is -2.20. The van der Waals surface area contributed by atoms with Gasteiger partial charge in [-0.2, -0.15) is 5.10 Å². The number of hydrogen-bond acceptors (Lipinski definition) is 7. The summed E-state index contributed by atoms with van der Waals surface area (Å²) in [5.74, 6) is 0.745. The normalized spacial score (nSPS) is 13.9. The molecule has 0 spiro atoms. The molecule has 10 heteroatoms. The number of aromatic amines is 2. The molecule has 0 bridgehead atoms. The monoisotopic (exact) mass is 501 g/mol. The van der Waals surface area contributed by atoms with E-state index in [-0.39, 0.29) is 11.8 Å². The SMILES string of the molecule is O=C(Nc1cncc(-c2cnc3[nH]nc(-c4nc5c(-c6ccncc6)ccnc5[nH]4)c3c2)c1)C1CCCC1. The highest BCUT2D eigenvalue weighted by molar-refractivity contribution is 5.96. The van der Waals surface area contributed by atoms with Crippen molar-refractivity contribution >= 4 is 33.8 Å². The number of rotatable bonds is 5. The van der Waals surface area contributed by atoms with Gasteiger partial charge in [0.1, 0.15) is 11.2 Å². The maximum absolute atomic E-state index is 12.6. The summed E-state index contributed by atoms with van der Waals surface area (Å²) in [6, 6.07) is 9.76. The molecule has 186 valence electrons. The van der Waals surface area contributed by atoms with Crippen LogP contribution in [0.4, 0.5) is 5.69 Å². The summed E-state index contributed by atoms with van der Waals surface area (Å²) in [4.78, 5) is 38.3. The number of imidazole rings is 1. The molecule has 0 atom stereocenters. The zero-order valence-electron chi connectivity index (χ0n) is 20.3. The van der Waals surface area contributed by atoms with E-state index in [4.69, 9.17) is 4.98 Å². The van der Waals surface area contributed by atoms with Gasteiger partial charge in [-0.25, -0.2) is 15.0 Å². The highest BCUT2D eigenvalue weighted by Crippen LogP contribution is 2.32. The minimum atomic E-state index is 0.0665. The quantitative estimate of drug-likeness (QED) is 0.297. The van der Waals surface area contributed by atoms with Crippen molar-refractivity contribution in [1.82, 2.24) is 40.1 Å². The lowest BCUT2D eigenvalue weighted by Gasteiger charge is -2.11. The van der Waals surface area contributed by atoms with Crippen molar-refractivity contribution in [3.63, 3.8) is 0 Å². The number of H-pyrrole nitrogens is 2. The fourth-order valence-electron chi connectivity index (χ4n) is 5.13. The predicted molar refractivity (Wildman–Crippen MR) is 144 cm³/mol. The van der Waals surface area contributed by atoms with Gasteiger partial charge in [-0.1, -0.05) is 12.8 Å². The standard InChI is InChI=1S/C28H23N9O/c38-28(17-3-1-2-4-17)33-20-11-18(13-30-15-20)19-12-22-24(36-37-25(22)32-14-19)27-34-23-21(7-10-31-26(23)35-27)16-5-8-29-9-6-16/h5-15,17H,1-4H2,(H,33,38)(H,31,34,35)(H,32,36,37). The molecule has 0 radical (unpaired) electrons. The van der Waals surface area contributed by atoms with Crippen LogP contribution in [-0.2, 0) is 4.79 Å². The van der Waals surface area contributed by atoms with Crippen LogP contribution in [0.1, 0.15) is 25.7 Å². The van der Waals surface area contributed by atoms with Gasteiger partial charge < -0.3 is 10.3 Å². The smallest absolute Gasteiger partial charge is 0.227 e.